The van der Waals surface area contributed by atoms with Crippen molar-refractivity contribution >= 4 is 35.0 Å². The third-order valence-corrected chi connectivity index (χ3v) is 7.90. The van der Waals surface area contributed by atoms with Gasteiger partial charge in [-0.3, -0.25) is 14.4 Å². The Bertz CT molecular complexity index is 1880. The van der Waals surface area contributed by atoms with Gasteiger partial charge in [-0.2, -0.15) is 13.2 Å². The van der Waals surface area contributed by atoms with Gasteiger partial charge < -0.3 is 16.0 Å². The van der Waals surface area contributed by atoms with Gasteiger partial charge in [0.15, 0.2) is 0 Å². The lowest BCUT2D eigenvalue weighted by molar-refractivity contribution is -0.137. The first kappa shape index (κ1) is 29.3. The molecule has 0 aromatic heterocycles. The van der Waals surface area contributed by atoms with Gasteiger partial charge >= 0.3 is 6.18 Å². The topological polar surface area (TPSA) is 87.3 Å². The van der Waals surface area contributed by atoms with Crippen LogP contribution < -0.4 is 16.0 Å². The minimum atomic E-state index is -4.90. The summed E-state index contributed by atoms with van der Waals surface area (Å²) < 4.78 is 68.4. The van der Waals surface area contributed by atoms with Crippen molar-refractivity contribution in [3.8, 4) is 0 Å². The number of carbonyl (C=O) groups excluding carboxylic acids is 3. The monoisotopic (exact) mass is 625 g/mol. The first-order valence-corrected chi connectivity index (χ1v) is 13.8. The number of fused-ring (bicyclic) bond motifs is 2. The van der Waals surface area contributed by atoms with E-state index in [1.165, 1.54) is 6.07 Å². The van der Waals surface area contributed by atoms with Gasteiger partial charge in [-0.05, 0) is 84.1 Å². The molecule has 0 spiro atoms. The molecule has 3 N–H and O–H groups in total. The van der Waals surface area contributed by atoms with Crippen molar-refractivity contribution in [2.75, 3.05) is 11.9 Å². The number of hydrogen-bond acceptors (Lipinski definition) is 3. The summed E-state index contributed by atoms with van der Waals surface area (Å²) in [6.45, 7) is 0.491. The molecule has 44 heavy (non-hydrogen) atoms. The number of benzene rings is 4. The van der Waals surface area contributed by atoms with Crippen LogP contribution in [0.1, 0.15) is 70.5 Å². The van der Waals surface area contributed by atoms with E-state index in [1.807, 2.05) is 6.07 Å². The average molecular weight is 626 g/mol. The highest BCUT2D eigenvalue weighted by atomic mass is 35.5. The number of anilines is 1. The quantitative estimate of drug-likeness (QED) is 0.219. The Balaban J connectivity index is 1.44. The van der Waals surface area contributed by atoms with E-state index in [9.17, 15) is 36.3 Å². The average Bonchev–Trinajstić information content (AvgIpc) is 3.29. The first-order chi connectivity index (χ1) is 20.9. The van der Waals surface area contributed by atoms with Crippen molar-refractivity contribution in [2.24, 2.45) is 0 Å². The van der Waals surface area contributed by atoms with Crippen LogP contribution in [0.15, 0.2) is 66.7 Å². The molecule has 0 aliphatic carbocycles. The molecule has 0 bridgehead atoms. The van der Waals surface area contributed by atoms with Crippen molar-refractivity contribution in [1.29, 1.82) is 0 Å². The predicted molar refractivity (Wildman–Crippen MR) is 152 cm³/mol. The van der Waals surface area contributed by atoms with E-state index < -0.39 is 46.8 Å². The summed E-state index contributed by atoms with van der Waals surface area (Å²) >= 11 is 6.35. The van der Waals surface area contributed by atoms with Crippen LogP contribution in [0.4, 0.5) is 27.6 Å². The molecule has 0 saturated heterocycles. The fraction of sp³-hybridized carbons (Fsp3) is 0.156. The summed E-state index contributed by atoms with van der Waals surface area (Å²) in [6, 6.07) is 12.5. The molecule has 2 aliphatic rings. The Kier molecular flexibility index (Phi) is 7.36. The Morgan fingerprint density at radius 1 is 0.886 bits per heavy atom. The number of nitrogens with one attached hydrogen (secondary N) is 3. The zero-order valence-electron chi connectivity index (χ0n) is 22.5. The maximum atomic E-state index is 14.2. The van der Waals surface area contributed by atoms with Crippen molar-refractivity contribution in [1.82, 2.24) is 10.6 Å². The normalized spacial score (nSPS) is 15.7. The number of hydrogen-bond donors (Lipinski definition) is 3. The third-order valence-electron chi connectivity index (χ3n) is 7.56. The lowest BCUT2D eigenvalue weighted by Gasteiger charge is -2.20. The van der Waals surface area contributed by atoms with Crippen LogP contribution >= 0.6 is 11.6 Å². The highest BCUT2D eigenvalue weighted by Crippen LogP contribution is 2.41. The van der Waals surface area contributed by atoms with Gasteiger partial charge in [0, 0.05) is 45.1 Å². The molecule has 1 atom stereocenters. The van der Waals surface area contributed by atoms with Crippen molar-refractivity contribution in [2.45, 2.75) is 25.1 Å². The van der Waals surface area contributed by atoms with E-state index in [0.717, 1.165) is 23.3 Å². The van der Waals surface area contributed by atoms with E-state index >= 15 is 0 Å². The van der Waals surface area contributed by atoms with Crippen LogP contribution in [0.3, 0.4) is 0 Å². The molecule has 0 fully saturated rings. The summed E-state index contributed by atoms with van der Waals surface area (Å²) in [6.07, 6.45) is -4.00. The molecule has 6 nitrogen and oxygen atoms in total. The standard InChI is InChI=1S/C32H21ClF5N3O3/c33-25-4-2-20(34)14-23(25)28-27-24(31(44)41-28)9-16(7-15-1-3-22-17(8-15)5-6-39-30(22)43)10-26(27)40-29(42)18-11-19(32(36,37)38)13-21(35)12-18/h1-4,8-14,28H,5-7H2,(H,39,43)(H,40,42)(H,41,44). The van der Waals surface area contributed by atoms with Gasteiger partial charge in [0.25, 0.3) is 17.7 Å². The second-order valence-electron chi connectivity index (χ2n) is 10.5. The summed E-state index contributed by atoms with van der Waals surface area (Å²) in [4.78, 5) is 38.6. The minimum absolute atomic E-state index is 0.0429. The molecule has 4 aromatic rings. The Morgan fingerprint density at radius 3 is 2.45 bits per heavy atom. The SMILES string of the molecule is O=C(Nc1cc(Cc2ccc3c(c2)CCNC3=O)cc2c1C(c1cc(F)ccc1Cl)NC2=O)c1cc(F)cc(C(F)(F)F)c1. The van der Waals surface area contributed by atoms with E-state index in [4.69, 9.17) is 11.6 Å². The molecule has 12 heteroatoms. The van der Waals surface area contributed by atoms with Gasteiger partial charge in [0.2, 0.25) is 0 Å². The molecule has 1 unspecified atom stereocenters. The molecule has 4 aromatic carbocycles. The van der Waals surface area contributed by atoms with Crippen molar-refractivity contribution < 1.29 is 36.3 Å². The molecule has 6 rings (SSSR count). The van der Waals surface area contributed by atoms with E-state index in [-0.39, 0.29) is 45.8 Å². The fourth-order valence-electron chi connectivity index (χ4n) is 5.57. The first-order valence-electron chi connectivity index (χ1n) is 13.4. The van der Waals surface area contributed by atoms with Crippen LogP contribution in [0.2, 0.25) is 5.02 Å². The Labute approximate surface area is 252 Å². The number of carbonyl (C=O) groups is 3. The summed E-state index contributed by atoms with van der Waals surface area (Å²) in [5.41, 5.74) is 1.42. The molecule has 0 radical (unpaired) electrons. The molecule has 3 amide bonds. The third kappa shape index (κ3) is 5.62. The minimum Gasteiger partial charge on any atom is -0.352 e. The lowest BCUT2D eigenvalue weighted by Crippen LogP contribution is -2.31. The fourth-order valence-corrected chi connectivity index (χ4v) is 5.80. The van der Waals surface area contributed by atoms with Gasteiger partial charge in [-0.1, -0.05) is 23.7 Å². The van der Waals surface area contributed by atoms with Crippen LogP contribution in [-0.4, -0.2) is 24.3 Å². The predicted octanol–water partition coefficient (Wildman–Crippen LogP) is 6.60. The number of halogens is 6. The summed E-state index contributed by atoms with van der Waals surface area (Å²) in [5, 5.41) is 8.19. The zero-order valence-corrected chi connectivity index (χ0v) is 23.3. The van der Waals surface area contributed by atoms with Gasteiger partial charge in [0.1, 0.15) is 11.6 Å². The number of rotatable bonds is 5. The summed E-state index contributed by atoms with van der Waals surface area (Å²) in [7, 11) is 0. The molecule has 224 valence electrons. The largest absolute Gasteiger partial charge is 0.416 e. The van der Waals surface area contributed by atoms with Crippen LogP contribution in [0.5, 0.6) is 0 Å². The van der Waals surface area contributed by atoms with E-state index in [2.05, 4.69) is 16.0 Å². The molecule has 2 aliphatic heterocycles. The number of alkyl halides is 3. The molecular formula is C32H21ClF5N3O3. The Morgan fingerprint density at radius 2 is 1.68 bits per heavy atom. The maximum absolute atomic E-state index is 14.2. The van der Waals surface area contributed by atoms with Gasteiger partial charge in [0.05, 0.1) is 11.6 Å². The highest BCUT2D eigenvalue weighted by Gasteiger charge is 2.36. The van der Waals surface area contributed by atoms with Crippen LogP contribution in [-0.2, 0) is 19.0 Å². The van der Waals surface area contributed by atoms with Gasteiger partial charge in [-0.15, -0.1) is 0 Å². The second kappa shape index (κ2) is 11.1. The summed E-state index contributed by atoms with van der Waals surface area (Å²) in [5.74, 6) is -3.67. The second-order valence-corrected chi connectivity index (χ2v) is 10.9. The smallest absolute Gasteiger partial charge is 0.352 e. The van der Waals surface area contributed by atoms with E-state index in [1.54, 1.807) is 24.3 Å². The van der Waals surface area contributed by atoms with Crippen LogP contribution in [0.25, 0.3) is 0 Å². The zero-order chi connectivity index (χ0) is 31.3. The Hall–Kier alpha value is -4.77. The van der Waals surface area contributed by atoms with Crippen molar-refractivity contribution in [3.63, 3.8) is 0 Å². The van der Waals surface area contributed by atoms with Gasteiger partial charge in [-0.25, -0.2) is 8.78 Å². The van der Waals surface area contributed by atoms with Crippen LogP contribution in [0, 0.1) is 11.6 Å². The number of amides is 3. The molecule has 2 heterocycles. The highest BCUT2D eigenvalue weighted by molar-refractivity contribution is 6.31. The van der Waals surface area contributed by atoms with E-state index in [0.29, 0.717) is 36.2 Å². The molecule has 0 saturated carbocycles. The maximum Gasteiger partial charge on any atom is 0.416 e. The lowest BCUT2D eigenvalue weighted by atomic mass is 9.91. The van der Waals surface area contributed by atoms with Crippen molar-refractivity contribution in [3.05, 3.63) is 133 Å². The molecular weight excluding hydrogens is 605 g/mol.